The number of hydrogen-bond acceptors (Lipinski definition) is 10. The number of nitrogens with zero attached hydrogens (tertiary/aromatic N) is 6. The van der Waals surface area contributed by atoms with Crippen molar-refractivity contribution in [3.63, 3.8) is 0 Å². The normalized spacial score (nSPS) is 17.4. The summed E-state index contributed by atoms with van der Waals surface area (Å²) in [6, 6.07) is 7.73. The molecule has 0 spiro atoms. The van der Waals surface area contributed by atoms with Crippen molar-refractivity contribution in [1.29, 1.82) is 0 Å². The van der Waals surface area contributed by atoms with E-state index in [1.807, 2.05) is 31.2 Å². The molecular formula is C20H27N7O3. The van der Waals surface area contributed by atoms with Gasteiger partial charge in [-0.05, 0) is 36.8 Å². The van der Waals surface area contributed by atoms with Crippen molar-refractivity contribution in [1.82, 2.24) is 15.0 Å². The first-order chi connectivity index (χ1) is 14.8. The van der Waals surface area contributed by atoms with Gasteiger partial charge in [-0.3, -0.25) is 0 Å². The molecule has 0 bridgehead atoms. The maximum absolute atomic E-state index is 5.46. The number of morpholine rings is 2. The van der Waals surface area contributed by atoms with E-state index in [0.717, 1.165) is 37.5 Å². The van der Waals surface area contributed by atoms with Crippen LogP contribution in [0.4, 0.5) is 17.8 Å². The van der Waals surface area contributed by atoms with Crippen LogP contribution in [0.2, 0.25) is 0 Å². The second-order valence-electron chi connectivity index (χ2n) is 6.83. The minimum atomic E-state index is 0.412. The summed E-state index contributed by atoms with van der Waals surface area (Å²) in [6.07, 6.45) is 1.72. The number of rotatable bonds is 7. The Hall–Kier alpha value is -2.98. The first-order valence-electron chi connectivity index (χ1n) is 10.3. The molecule has 30 heavy (non-hydrogen) atoms. The van der Waals surface area contributed by atoms with E-state index < -0.39 is 0 Å². The number of nitrogens with one attached hydrogen (secondary N) is 1. The molecule has 0 amide bonds. The standard InChI is InChI=1S/C20H27N7O3/c1-2-30-17-5-3-16(4-6-17)15-21-25-18-22-19(26-7-11-28-12-8-26)24-20(23-18)27-9-13-29-14-10-27/h3-6,15H,2,7-14H2,1H3,(H,22,23,24,25)/b21-15-. The summed E-state index contributed by atoms with van der Waals surface area (Å²) in [5.41, 5.74) is 3.90. The van der Waals surface area contributed by atoms with Crippen molar-refractivity contribution >= 4 is 24.1 Å². The Balaban J connectivity index is 1.50. The van der Waals surface area contributed by atoms with E-state index >= 15 is 0 Å². The van der Waals surface area contributed by atoms with E-state index in [1.165, 1.54) is 0 Å². The molecule has 0 aliphatic carbocycles. The van der Waals surface area contributed by atoms with Crippen LogP contribution in [-0.4, -0.2) is 80.4 Å². The molecular weight excluding hydrogens is 386 g/mol. The van der Waals surface area contributed by atoms with Crippen LogP contribution < -0.4 is 20.0 Å². The van der Waals surface area contributed by atoms with Gasteiger partial charge in [0.2, 0.25) is 17.8 Å². The van der Waals surface area contributed by atoms with E-state index in [2.05, 4.69) is 35.3 Å². The van der Waals surface area contributed by atoms with Crippen LogP contribution in [0, 0.1) is 0 Å². The Morgan fingerprint density at radius 3 is 2.03 bits per heavy atom. The Morgan fingerprint density at radius 1 is 0.933 bits per heavy atom. The average molecular weight is 413 g/mol. The molecule has 10 heteroatoms. The monoisotopic (exact) mass is 413 g/mol. The maximum atomic E-state index is 5.46. The highest BCUT2D eigenvalue weighted by Crippen LogP contribution is 2.19. The van der Waals surface area contributed by atoms with Gasteiger partial charge in [0, 0.05) is 26.2 Å². The van der Waals surface area contributed by atoms with E-state index in [-0.39, 0.29) is 0 Å². The van der Waals surface area contributed by atoms with Crippen LogP contribution in [0.15, 0.2) is 29.4 Å². The highest BCUT2D eigenvalue weighted by molar-refractivity contribution is 5.80. The summed E-state index contributed by atoms with van der Waals surface area (Å²) in [7, 11) is 0. The van der Waals surface area contributed by atoms with E-state index in [1.54, 1.807) is 6.21 Å². The lowest BCUT2D eigenvalue weighted by atomic mass is 10.2. The second kappa shape index (κ2) is 10.2. The Kier molecular flexibility index (Phi) is 6.88. The number of benzene rings is 1. The minimum absolute atomic E-state index is 0.412. The molecule has 0 saturated carbocycles. The Morgan fingerprint density at radius 2 is 1.50 bits per heavy atom. The molecule has 0 radical (unpaired) electrons. The summed E-state index contributed by atoms with van der Waals surface area (Å²) in [5, 5.41) is 4.30. The van der Waals surface area contributed by atoms with Gasteiger partial charge in [0.15, 0.2) is 0 Å². The third-order valence-corrected chi connectivity index (χ3v) is 4.77. The fraction of sp³-hybridized carbons (Fsp3) is 0.500. The van der Waals surface area contributed by atoms with Crippen LogP contribution in [0.5, 0.6) is 5.75 Å². The van der Waals surface area contributed by atoms with Gasteiger partial charge in [-0.25, -0.2) is 5.43 Å². The van der Waals surface area contributed by atoms with Gasteiger partial charge in [-0.1, -0.05) is 0 Å². The Bertz CT molecular complexity index is 799. The lowest BCUT2D eigenvalue weighted by Crippen LogP contribution is -2.40. The molecule has 160 valence electrons. The SMILES string of the molecule is CCOc1ccc(/C=N\Nc2nc(N3CCOCC3)nc(N3CCOCC3)n2)cc1. The minimum Gasteiger partial charge on any atom is -0.494 e. The topological polar surface area (TPSA) is 97.2 Å². The van der Waals surface area contributed by atoms with Crippen LogP contribution in [0.1, 0.15) is 12.5 Å². The van der Waals surface area contributed by atoms with Crippen LogP contribution in [0.3, 0.4) is 0 Å². The first-order valence-corrected chi connectivity index (χ1v) is 10.3. The Labute approximate surface area is 175 Å². The van der Waals surface area contributed by atoms with Crippen molar-refractivity contribution in [2.24, 2.45) is 5.10 Å². The fourth-order valence-corrected chi connectivity index (χ4v) is 3.19. The number of anilines is 3. The molecule has 10 nitrogen and oxygen atoms in total. The molecule has 1 N–H and O–H groups in total. The van der Waals surface area contributed by atoms with Crippen molar-refractivity contribution in [2.45, 2.75) is 6.92 Å². The smallest absolute Gasteiger partial charge is 0.250 e. The highest BCUT2D eigenvalue weighted by atomic mass is 16.5. The predicted molar refractivity (Wildman–Crippen MR) is 115 cm³/mol. The van der Waals surface area contributed by atoms with Crippen LogP contribution in [-0.2, 0) is 9.47 Å². The second-order valence-corrected chi connectivity index (χ2v) is 6.83. The number of aromatic nitrogens is 3. The molecule has 1 aromatic carbocycles. The number of hydrazone groups is 1. The van der Waals surface area contributed by atoms with E-state index in [0.29, 0.717) is 50.9 Å². The maximum Gasteiger partial charge on any atom is 0.250 e. The van der Waals surface area contributed by atoms with Crippen molar-refractivity contribution in [2.75, 3.05) is 74.4 Å². The largest absolute Gasteiger partial charge is 0.494 e. The summed E-state index contributed by atoms with van der Waals surface area (Å²) < 4.78 is 16.4. The summed E-state index contributed by atoms with van der Waals surface area (Å²) in [4.78, 5) is 18.0. The van der Waals surface area contributed by atoms with Crippen LogP contribution in [0.25, 0.3) is 0 Å². The average Bonchev–Trinajstić information content (AvgIpc) is 2.81. The van der Waals surface area contributed by atoms with Gasteiger partial charge in [-0.15, -0.1) is 0 Å². The predicted octanol–water partition coefficient (Wildman–Crippen LogP) is 1.39. The molecule has 2 aliphatic rings. The van der Waals surface area contributed by atoms with Gasteiger partial charge in [0.1, 0.15) is 5.75 Å². The van der Waals surface area contributed by atoms with Gasteiger partial charge in [-0.2, -0.15) is 20.1 Å². The quantitative estimate of drug-likeness (QED) is 0.533. The van der Waals surface area contributed by atoms with Crippen molar-refractivity contribution in [3.8, 4) is 5.75 Å². The van der Waals surface area contributed by atoms with E-state index in [4.69, 9.17) is 14.2 Å². The molecule has 4 rings (SSSR count). The van der Waals surface area contributed by atoms with Gasteiger partial charge in [0.05, 0.1) is 39.2 Å². The number of ether oxygens (including phenoxy) is 3. The molecule has 2 aromatic rings. The van der Waals surface area contributed by atoms with Gasteiger partial charge < -0.3 is 24.0 Å². The summed E-state index contributed by atoms with van der Waals surface area (Å²) >= 11 is 0. The molecule has 2 saturated heterocycles. The zero-order valence-corrected chi connectivity index (χ0v) is 17.2. The molecule has 0 atom stereocenters. The first kappa shape index (κ1) is 20.3. The zero-order valence-electron chi connectivity index (χ0n) is 17.2. The summed E-state index contributed by atoms with van der Waals surface area (Å²) in [6.45, 7) is 8.27. The fourth-order valence-electron chi connectivity index (χ4n) is 3.19. The third kappa shape index (κ3) is 5.33. The zero-order chi connectivity index (χ0) is 20.6. The molecule has 1 aromatic heterocycles. The molecule has 2 aliphatic heterocycles. The van der Waals surface area contributed by atoms with Crippen LogP contribution >= 0.6 is 0 Å². The summed E-state index contributed by atoms with van der Waals surface area (Å²) in [5.74, 6) is 2.52. The lowest BCUT2D eigenvalue weighted by Gasteiger charge is -2.30. The third-order valence-electron chi connectivity index (χ3n) is 4.77. The highest BCUT2D eigenvalue weighted by Gasteiger charge is 2.20. The molecule has 0 unspecified atom stereocenters. The van der Waals surface area contributed by atoms with Crippen molar-refractivity contribution in [3.05, 3.63) is 29.8 Å². The molecule has 2 fully saturated rings. The van der Waals surface area contributed by atoms with E-state index in [9.17, 15) is 0 Å². The number of hydrogen-bond donors (Lipinski definition) is 1. The van der Waals surface area contributed by atoms with Gasteiger partial charge >= 0.3 is 0 Å². The molecule has 3 heterocycles. The van der Waals surface area contributed by atoms with Crippen molar-refractivity contribution < 1.29 is 14.2 Å². The van der Waals surface area contributed by atoms with Gasteiger partial charge in [0.25, 0.3) is 0 Å². The lowest BCUT2D eigenvalue weighted by molar-refractivity contribution is 0.121.